The van der Waals surface area contributed by atoms with Crippen LogP contribution in [0.1, 0.15) is 50.4 Å². The fourth-order valence-corrected chi connectivity index (χ4v) is 6.38. The fraction of sp³-hybridized carbons (Fsp3) is 0.419. The van der Waals surface area contributed by atoms with Gasteiger partial charge in [-0.1, -0.05) is 0 Å². The number of nitrogens with zero attached hydrogens (tertiary/aromatic N) is 4. The first-order valence-electron chi connectivity index (χ1n) is 14.6. The quantitative estimate of drug-likeness (QED) is 0.279. The van der Waals surface area contributed by atoms with Gasteiger partial charge in [-0.05, 0) is 86.6 Å². The molecule has 0 saturated carbocycles. The van der Waals surface area contributed by atoms with Gasteiger partial charge in [-0.15, -0.1) is 0 Å². The Bertz CT molecular complexity index is 1560. The lowest BCUT2D eigenvalue weighted by Gasteiger charge is -2.34. The summed E-state index contributed by atoms with van der Waals surface area (Å²) in [4.78, 5) is 41.6. The van der Waals surface area contributed by atoms with E-state index in [1.165, 1.54) is 31.4 Å². The van der Waals surface area contributed by atoms with Crippen LogP contribution in [-0.2, 0) is 19.7 Å². The Morgan fingerprint density at radius 2 is 1.67 bits per heavy atom. The third-order valence-electron chi connectivity index (χ3n) is 7.10. The molecular weight excluding hydrogens is 600 g/mol. The molecule has 1 aromatic heterocycles. The largest absolute Gasteiger partial charge is 0.497 e. The number of benzene rings is 2. The zero-order valence-corrected chi connectivity index (χ0v) is 27.0. The van der Waals surface area contributed by atoms with E-state index in [1.807, 2.05) is 6.07 Å². The van der Waals surface area contributed by atoms with Crippen molar-refractivity contribution in [1.29, 1.82) is 0 Å². The standard InChI is InChI=1S/C31H40N6O7S/c1-31(2,3)37(45(40,41)25-10-8-24(42-4)9-11-25)44-28(38)13-18-32-29(39)22-7-12-26(27(21-22)43-5)36-19-14-23(15-20-36)35-30-33-16-6-17-34-30/h6-12,16-17,21,23H,13-15,18-20H2,1-5H3,(H,32,39)(H,33,34,35). The highest BCUT2D eigenvalue weighted by molar-refractivity contribution is 7.89. The highest BCUT2D eigenvalue weighted by Gasteiger charge is 2.38. The number of hydroxylamine groups is 1. The van der Waals surface area contributed by atoms with E-state index in [-0.39, 0.29) is 23.9 Å². The summed E-state index contributed by atoms with van der Waals surface area (Å²) in [6.45, 7) is 6.34. The summed E-state index contributed by atoms with van der Waals surface area (Å²) in [5.41, 5.74) is 0.172. The van der Waals surface area contributed by atoms with Gasteiger partial charge in [0.15, 0.2) is 0 Å². The molecule has 242 valence electrons. The van der Waals surface area contributed by atoms with E-state index < -0.39 is 27.4 Å². The third-order valence-corrected chi connectivity index (χ3v) is 9.03. The number of hydrogen-bond donors (Lipinski definition) is 2. The number of rotatable bonds is 12. The molecule has 1 aliphatic rings. The van der Waals surface area contributed by atoms with E-state index in [2.05, 4.69) is 25.5 Å². The summed E-state index contributed by atoms with van der Waals surface area (Å²) < 4.78 is 38.0. The number of carbonyl (C=O) groups excluding carboxylic acids is 2. The van der Waals surface area contributed by atoms with Crippen LogP contribution in [0.3, 0.4) is 0 Å². The molecule has 0 radical (unpaired) electrons. The molecule has 2 heterocycles. The first-order chi connectivity index (χ1) is 21.4. The number of anilines is 2. The van der Waals surface area contributed by atoms with Gasteiger partial charge in [0.2, 0.25) is 5.95 Å². The van der Waals surface area contributed by atoms with Crippen molar-refractivity contribution in [3.05, 3.63) is 66.5 Å². The number of amides is 1. The van der Waals surface area contributed by atoms with Crippen LogP contribution in [0.4, 0.5) is 11.6 Å². The van der Waals surface area contributed by atoms with Crippen LogP contribution < -0.4 is 25.0 Å². The Morgan fingerprint density at radius 3 is 2.27 bits per heavy atom. The van der Waals surface area contributed by atoms with Gasteiger partial charge in [-0.2, -0.15) is 0 Å². The lowest BCUT2D eigenvalue weighted by molar-refractivity contribution is -0.182. The molecule has 2 aromatic carbocycles. The molecule has 1 amide bonds. The van der Waals surface area contributed by atoms with Crippen LogP contribution >= 0.6 is 0 Å². The lowest BCUT2D eigenvalue weighted by Crippen LogP contribution is -2.46. The maximum absolute atomic E-state index is 13.3. The van der Waals surface area contributed by atoms with Gasteiger partial charge in [0, 0.05) is 43.6 Å². The van der Waals surface area contributed by atoms with Gasteiger partial charge in [-0.25, -0.2) is 18.4 Å². The Balaban J connectivity index is 1.31. The molecule has 1 aliphatic heterocycles. The van der Waals surface area contributed by atoms with E-state index in [0.717, 1.165) is 31.6 Å². The molecule has 1 saturated heterocycles. The van der Waals surface area contributed by atoms with Crippen molar-refractivity contribution in [3.63, 3.8) is 0 Å². The van der Waals surface area contributed by atoms with Gasteiger partial charge in [0.05, 0.1) is 36.8 Å². The molecular formula is C31H40N6O7S. The Morgan fingerprint density at radius 1 is 1.00 bits per heavy atom. The Hall–Kier alpha value is -4.43. The predicted octanol–water partition coefficient (Wildman–Crippen LogP) is 3.64. The van der Waals surface area contributed by atoms with Gasteiger partial charge in [0.25, 0.3) is 15.9 Å². The number of sulfonamides is 1. The van der Waals surface area contributed by atoms with Gasteiger partial charge in [0.1, 0.15) is 11.5 Å². The summed E-state index contributed by atoms with van der Waals surface area (Å²) in [5.74, 6) is 0.444. The minimum atomic E-state index is -4.18. The third kappa shape index (κ3) is 8.60. The normalized spacial score (nSPS) is 14.1. The molecule has 2 N–H and O–H groups in total. The molecule has 3 aromatic rings. The SMILES string of the molecule is COc1ccc(S(=O)(=O)N(OC(=O)CCNC(=O)c2ccc(N3CCC(Nc4ncccn4)CC3)c(OC)c2)C(C)(C)C)cc1. The van der Waals surface area contributed by atoms with Crippen molar-refractivity contribution >= 4 is 33.5 Å². The first-order valence-corrected chi connectivity index (χ1v) is 16.0. The average Bonchev–Trinajstić information content (AvgIpc) is 3.03. The molecule has 1 fully saturated rings. The predicted molar refractivity (Wildman–Crippen MR) is 169 cm³/mol. The number of carbonyl (C=O) groups is 2. The summed E-state index contributed by atoms with van der Waals surface area (Å²) in [6, 6.07) is 13.0. The summed E-state index contributed by atoms with van der Waals surface area (Å²) >= 11 is 0. The molecule has 13 nitrogen and oxygen atoms in total. The number of nitrogens with one attached hydrogen (secondary N) is 2. The molecule has 0 bridgehead atoms. The highest BCUT2D eigenvalue weighted by Crippen LogP contribution is 2.32. The van der Waals surface area contributed by atoms with Crippen molar-refractivity contribution in [2.45, 2.75) is 56.5 Å². The number of aromatic nitrogens is 2. The summed E-state index contributed by atoms with van der Waals surface area (Å²) in [7, 11) is -1.15. The van der Waals surface area contributed by atoms with Gasteiger partial charge < -0.3 is 29.8 Å². The van der Waals surface area contributed by atoms with Crippen molar-refractivity contribution in [1.82, 2.24) is 19.8 Å². The highest BCUT2D eigenvalue weighted by atomic mass is 32.2. The van der Waals surface area contributed by atoms with Crippen LogP contribution in [-0.4, -0.2) is 80.2 Å². The number of hydrogen-bond acceptors (Lipinski definition) is 11. The van der Waals surface area contributed by atoms with Crippen LogP contribution in [0.5, 0.6) is 11.5 Å². The Labute approximate surface area is 263 Å². The van der Waals surface area contributed by atoms with E-state index in [9.17, 15) is 18.0 Å². The first kappa shape index (κ1) is 33.5. The minimum absolute atomic E-state index is 0.0560. The number of methoxy groups -OCH3 is 2. The maximum Gasteiger partial charge on any atom is 0.328 e. The van der Waals surface area contributed by atoms with Crippen molar-refractivity contribution in [2.75, 3.05) is 44.1 Å². The van der Waals surface area contributed by atoms with Gasteiger partial charge in [-0.3, -0.25) is 9.59 Å². The van der Waals surface area contributed by atoms with E-state index in [1.54, 1.807) is 58.5 Å². The second-order valence-electron chi connectivity index (χ2n) is 11.4. The van der Waals surface area contributed by atoms with Crippen molar-refractivity contribution in [2.24, 2.45) is 0 Å². The topological polar surface area (TPSA) is 152 Å². The maximum atomic E-state index is 13.3. The van der Waals surface area contributed by atoms with Crippen LogP contribution in [0, 0.1) is 0 Å². The van der Waals surface area contributed by atoms with Crippen LogP contribution in [0.25, 0.3) is 0 Å². The van der Waals surface area contributed by atoms with Crippen molar-refractivity contribution in [3.8, 4) is 11.5 Å². The fourth-order valence-electron chi connectivity index (χ4n) is 4.81. The minimum Gasteiger partial charge on any atom is -0.497 e. The second-order valence-corrected chi connectivity index (χ2v) is 13.2. The van der Waals surface area contributed by atoms with Crippen LogP contribution in [0.15, 0.2) is 65.8 Å². The lowest BCUT2D eigenvalue weighted by atomic mass is 10.0. The molecule has 0 spiro atoms. The van der Waals surface area contributed by atoms with Gasteiger partial charge >= 0.3 is 5.97 Å². The Kier molecular flexibility index (Phi) is 10.8. The molecule has 14 heteroatoms. The van der Waals surface area contributed by atoms with Crippen molar-refractivity contribution < 1.29 is 32.3 Å². The molecule has 0 aliphatic carbocycles. The number of ether oxygens (including phenoxy) is 2. The number of piperidine rings is 1. The molecule has 4 rings (SSSR count). The summed E-state index contributed by atoms with van der Waals surface area (Å²) in [6.07, 6.45) is 4.93. The zero-order chi connectivity index (χ0) is 32.6. The molecule has 0 atom stereocenters. The molecule has 0 unspecified atom stereocenters. The van der Waals surface area contributed by atoms with E-state index in [4.69, 9.17) is 14.3 Å². The van der Waals surface area contributed by atoms with E-state index >= 15 is 0 Å². The summed E-state index contributed by atoms with van der Waals surface area (Å²) in [5, 5.41) is 6.06. The smallest absolute Gasteiger partial charge is 0.328 e. The van der Waals surface area contributed by atoms with Crippen LogP contribution in [0.2, 0.25) is 0 Å². The average molecular weight is 641 g/mol. The molecule has 45 heavy (non-hydrogen) atoms. The second kappa shape index (κ2) is 14.6. The van der Waals surface area contributed by atoms with E-state index in [0.29, 0.717) is 27.5 Å². The monoisotopic (exact) mass is 640 g/mol. The zero-order valence-electron chi connectivity index (χ0n) is 26.1.